The molecule has 4 N–H and O–H groups in total. The van der Waals surface area contributed by atoms with E-state index >= 15 is 0 Å². The summed E-state index contributed by atoms with van der Waals surface area (Å²) in [5.41, 5.74) is 8.03. The molecule has 0 spiro atoms. The minimum atomic E-state index is -0.452. The Labute approximate surface area is 236 Å². The highest BCUT2D eigenvalue weighted by atomic mass is 16.5. The summed E-state index contributed by atoms with van der Waals surface area (Å²) in [4.78, 5) is 24.9. The fraction of sp³-hybridized carbons (Fsp3) is 0.0968. The van der Waals surface area contributed by atoms with Crippen LogP contribution in [-0.4, -0.2) is 48.7 Å². The molecule has 0 aliphatic carbocycles. The third kappa shape index (κ3) is 7.27. The van der Waals surface area contributed by atoms with Gasteiger partial charge in [-0.25, -0.2) is 10.9 Å². The molecular formula is C31H28N4O6. The van der Waals surface area contributed by atoms with E-state index in [1.807, 2.05) is 0 Å². The molecule has 0 bridgehead atoms. The molecule has 4 aromatic carbocycles. The molecule has 10 heteroatoms. The summed E-state index contributed by atoms with van der Waals surface area (Å²) in [5, 5.41) is 28.5. The number of nitrogens with zero attached hydrogens (tertiary/aromatic N) is 2. The second kappa shape index (κ2) is 13.4. The number of para-hydroxylation sites is 2. The zero-order valence-corrected chi connectivity index (χ0v) is 22.4. The molecule has 0 saturated carbocycles. The molecule has 0 radical (unpaired) electrons. The third-order valence-corrected chi connectivity index (χ3v) is 6.03. The quantitative estimate of drug-likeness (QED) is 0.171. The summed E-state index contributed by atoms with van der Waals surface area (Å²) in [6, 6.07) is 23.6. The van der Waals surface area contributed by atoms with Gasteiger partial charge in [-0.15, -0.1) is 0 Å². The van der Waals surface area contributed by atoms with E-state index in [9.17, 15) is 19.8 Å². The van der Waals surface area contributed by atoms with Crippen molar-refractivity contribution in [1.82, 2.24) is 10.9 Å². The molecule has 0 aliphatic heterocycles. The maximum atomic E-state index is 12.5. The predicted molar refractivity (Wildman–Crippen MR) is 155 cm³/mol. The van der Waals surface area contributed by atoms with Crippen molar-refractivity contribution in [1.29, 1.82) is 0 Å². The SMILES string of the molecule is COc1ccccc1C(=O)NN=Cc1cc(Cc2ccc(O)c(C=NNC(=O)c3ccccc3OC)c2)ccc1O. The summed E-state index contributed by atoms with van der Waals surface area (Å²) in [7, 11) is 2.95. The average molecular weight is 553 g/mol. The van der Waals surface area contributed by atoms with Crippen LogP contribution in [0.25, 0.3) is 0 Å². The summed E-state index contributed by atoms with van der Waals surface area (Å²) in [6.07, 6.45) is 3.17. The first-order valence-electron chi connectivity index (χ1n) is 12.5. The highest BCUT2D eigenvalue weighted by molar-refractivity contribution is 5.98. The smallest absolute Gasteiger partial charge is 0.275 e. The minimum Gasteiger partial charge on any atom is -0.507 e. The number of aromatic hydroxyl groups is 2. The Kier molecular flexibility index (Phi) is 9.29. The Hall–Kier alpha value is -5.64. The number of hydrazone groups is 2. The van der Waals surface area contributed by atoms with Crippen LogP contribution in [0.15, 0.2) is 95.1 Å². The van der Waals surface area contributed by atoms with E-state index in [1.165, 1.54) is 38.8 Å². The van der Waals surface area contributed by atoms with Gasteiger partial charge in [-0.1, -0.05) is 36.4 Å². The monoisotopic (exact) mass is 552 g/mol. The zero-order chi connectivity index (χ0) is 29.2. The maximum Gasteiger partial charge on any atom is 0.275 e. The molecule has 2 amide bonds. The highest BCUT2D eigenvalue weighted by Gasteiger charge is 2.12. The molecule has 0 aromatic heterocycles. The molecule has 0 fully saturated rings. The van der Waals surface area contributed by atoms with Gasteiger partial charge in [0.2, 0.25) is 0 Å². The maximum absolute atomic E-state index is 12.5. The molecule has 208 valence electrons. The van der Waals surface area contributed by atoms with Gasteiger partial charge < -0.3 is 19.7 Å². The van der Waals surface area contributed by atoms with Crippen LogP contribution in [0.5, 0.6) is 23.0 Å². The number of methoxy groups -OCH3 is 2. The molecule has 0 heterocycles. The minimum absolute atomic E-state index is 0.00615. The van der Waals surface area contributed by atoms with Crippen molar-refractivity contribution in [3.8, 4) is 23.0 Å². The fourth-order valence-corrected chi connectivity index (χ4v) is 3.98. The molecular weight excluding hydrogens is 524 g/mol. The summed E-state index contributed by atoms with van der Waals surface area (Å²) < 4.78 is 10.4. The fourth-order valence-electron chi connectivity index (χ4n) is 3.98. The van der Waals surface area contributed by atoms with Crippen molar-refractivity contribution >= 4 is 24.2 Å². The van der Waals surface area contributed by atoms with Gasteiger partial charge in [0.05, 0.1) is 37.8 Å². The normalized spacial score (nSPS) is 11.0. The van der Waals surface area contributed by atoms with Gasteiger partial charge in [0, 0.05) is 11.1 Å². The standard InChI is InChI=1S/C31H28N4O6/c1-40-28-9-5-3-7-24(28)30(38)34-32-18-22-16-20(11-13-26(22)36)15-21-12-14-27(37)23(17-21)19-33-35-31(39)25-8-4-6-10-29(25)41-2/h3-14,16-19,36-37H,15H2,1-2H3,(H,34,38)(H,35,39). The van der Waals surface area contributed by atoms with Crippen LogP contribution in [0.2, 0.25) is 0 Å². The van der Waals surface area contributed by atoms with Gasteiger partial charge in [-0.3, -0.25) is 9.59 Å². The van der Waals surface area contributed by atoms with Crippen molar-refractivity contribution in [2.45, 2.75) is 6.42 Å². The lowest BCUT2D eigenvalue weighted by atomic mass is 10.0. The molecule has 4 aromatic rings. The lowest BCUT2D eigenvalue weighted by molar-refractivity contribution is 0.0944. The van der Waals surface area contributed by atoms with Gasteiger partial charge >= 0.3 is 0 Å². The molecule has 0 aliphatic rings. The molecule has 4 rings (SSSR count). The van der Waals surface area contributed by atoms with E-state index in [-0.39, 0.29) is 11.5 Å². The largest absolute Gasteiger partial charge is 0.507 e. The lowest BCUT2D eigenvalue weighted by Gasteiger charge is -2.08. The van der Waals surface area contributed by atoms with Crippen molar-refractivity contribution in [3.05, 3.63) is 118 Å². The number of amides is 2. The molecule has 41 heavy (non-hydrogen) atoms. The molecule has 0 saturated heterocycles. The third-order valence-electron chi connectivity index (χ3n) is 6.03. The summed E-state index contributed by atoms with van der Waals surface area (Å²) >= 11 is 0. The Morgan fingerprint density at radius 2 is 1.10 bits per heavy atom. The van der Waals surface area contributed by atoms with Crippen molar-refractivity contribution in [2.75, 3.05) is 14.2 Å². The molecule has 0 atom stereocenters. The summed E-state index contributed by atoms with van der Waals surface area (Å²) in [5.74, 6) is -0.0792. The van der Waals surface area contributed by atoms with E-state index in [0.29, 0.717) is 40.2 Å². The number of carbonyl (C=O) groups is 2. The van der Waals surface area contributed by atoms with Crippen LogP contribution in [0, 0.1) is 0 Å². The first-order valence-corrected chi connectivity index (χ1v) is 12.5. The number of benzene rings is 4. The Bertz CT molecular complexity index is 1500. The number of hydrogen-bond donors (Lipinski definition) is 4. The number of phenolic OH excluding ortho intramolecular Hbond substituents is 2. The predicted octanol–water partition coefficient (Wildman–Crippen LogP) is 4.23. The number of nitrogens with one attached hydrogen (secondary N) is 2. The number of phenols is 2. The van der Waals surface area contributed by atoms with E-state index < -0.39 is 11.8 Å². The number of ether oxygens (including phenoxy) is 2. The van der Waals surface area contributed by atoms with Crippen molar-refractivity contribution in [2.24, 2.45) is 10.2 Å². The van der Waals surface area contributed by atoms with Crippen LogP contribution >= 0.6 is 0 Å². The van der Waals surface area contributed by atoms with E-state index in [0.717, 1.165) is 11.1 Å². The zero-order valence-electron chi connectivity index (χ0n) is 22.4. The number of rotatable bonds is 10. The van der Waals surface area contributed by atoms with Crippen molar-refractivity contribution in [3.63, 3.8) is 0 Å². The number of carbonyl (C=O) groups excluding carboxylic acids is 2. The van der Waals surface area contributed by atoms with E-state index in [4.69, 9.17) is 9.47 Å². The molecule has 10 nitrogen and oxygen atoms in total. The highest BCUT2D eigenvalue weighted by Crippen LogP contribution is 2.23. The van der Waals surface area contributed by atoms with E-state index in [2.05, 4.69) is 21.1 Å². The van der Waals surface area contributed by atoms with Crippen LogP contribution in [0.4, 0.5) is 0 Å². The van der Waals surface area contributed by atoms with Gasteiger partial charge in [-0.2, -0.15) is 10.2 Å². The Morgan fingerprint density at radius 1 is 0.683 bits per heavy atom. The average Bonchev–Trinajstić information content (AvgIpc) is 3.00. The van der Waals surface area contributed by atoms with Crippen molar-refractivity contribution < 1.29 is 29.3 Å². The Morgan fingerprint density at radius 3 is 1.51 bits per heavy atom. The van der Waals surface area contributed by atoms with Gasteiger partial charge in [-0.05, 0) is 66.1 Å². The van der Waals surface area contributed by atoms with Gasteiger partial charge in [0.25, 0.3) is 11.8 Å². The molecule has 0 unspecified atom stereocenters. The lowest BCUT2D eigenvalue weighted by Crippen LogP contribution is -2.18. The summed E-state index contributed by atoms with van der Waals surface area (Å²) in [6.45, 7) is 0. The Balaban J connectivity index is 1.43. The van der Waals surface area contributed by atoms with Gasteiger partial charge in [0.15, 0.2) is 0 Å². The van der Waals surface area contributed by atoms with E-state index in [1.54, 1.807) is 72.8 Å². The van der Waals surface area contributed by atoms with Crippen LogP contribution in [0.3, 0.4) is 0 Å². The second-order valence-electron chi connectivity index (χ2n) is 8.76. The van der Waals surface area contributed by atoms with Crippen LogP contribution in [-0.2, 0) is 6.42 Å². The topological polar surface area (TPSA) is 142 Å². The number of hydrogen-bond acceptors (Lipinski definition) is 8. The van der Waals surface area contributed by atoms with Crippen LogP contribution < -0.4 is 20.3 Å². The first kappa shape index (κ1) is 28.4. The van der Waals surface area contributed by atoms with Gasteiger partial charge in [0.1, 0.15) is 23.0 Å². The van der Waals surface area contributed by atoms with Crippen LogP contribution in [0.1, 0.15) is 43.0 Å². The first-order chi connectivity index (χ1) is 19.9. The second-order valence-corrected chi connectivity index (χ2v) is 8.76.